The second-order valence-electron chi connectivity index (χ2n) is 7.72. The molecule has 1 saturated carbocycles. The molecule has 1 aromatic rings. The maximum Gasteiger partial charge on any atom is 0.0294 e. The smallest absolute Gasteiger partial charge is 0.0294 e. The molecule has 1 aliphatic rings. The summed E-state index contributed by atoms with van der Waals surface area (Å²) in [5.41, 5.74) is 3.25. The van der Waals surface area contributed by atoms with Gasteiger partial charge in [-0.1, -0.05) is 50.6 Å². The summed E-state index contributed by atoms with van der Waals surface area (Å²) in [6.07, 6.45) is 5.42. The number of rotatable bonds is 3. The van der Waals surface area contributed by atoms with Crippen molar-refractivity contribution >= 4 is 0 Å². The van der Waals surface area contributed by atoms with Gasteiger partial charge in [0.2, 0.25) is 0 Å². The van der Waals surface area contributed by atoms with Crippen LogP contribution >= 0.6 is 0 Å². The Hall–Kier alpha value is -0.820. The van der Waals surface area contributed by atoms with Gasteiger partial charge in [-0.15, -0.1) is 0 Å². The van der Waals surface area contributed by atoms with Gasteiger partial charge in [0.15, 0.2) is 0 Å². The molecule has 1 heteroatoms. The van der Waals surface area contributed by atoms with E-state index in [0.717, 1.165) is 5.92 Å². The Labute approximate surface area is 125 Å². The molecule has 1 N–H and O–H groups in total. The molecule has 1 aromatic carbocycles. The lowest BCUT2D eigenvalue weighted by molar-refractivity contribution is 0.157. The fraction of sp³-hybridized carbons (Fsp3) is 0.684. The lowest BCUT2D eigenvalue weighted by atomic mass is 9.71. The Balaban J connectivity index is 1.86. The van der Waals surface area contributed by atoms with Crippen LogP contribution in [-0.4, -0.2) is 6.04 Å². The van der Waals surface area contributed by atoms with Gasteiger partial charge in [-0.25, -0.2) is 0 Å². The van der Waals surface area contributed by atoms with Crippen LogP contribution in [0.3, 0.4) is 0 Å². The highest BCUT2D eigenvalue weighted by Gasteiger charge is 2.29. The average Bonchev–Trinajstić information content (AvgIpc) is 2.38. The van der Waals surface area contributed by atoms with Crippen LogP contribution in [0.15, 0.2) is 24.3 Å². The second kappa shape index (κ2) is 6.30. The van der Waals surface area contributed by atoms with Crippen molar-refractivity contribution in [2.75, 3.05) is 0 Å². The Morgan fingerprint density at radius 1 is 1.10 bits per heavy atom. The third-order valence-electron chi connectivity index (χ3n) is 4.98. The molecule has 1 atom stereocenters. The van der Waals surface area contributed by atoms with E-state index in [1.54, 1.807) is 0 Å². The van der Waals surface area contributed by atoms with Crippen molar-refractivity contribution < 1.29 is 0 Å². The fourth-order valence-electron chi connectivity index (χ4n) is 3.52. The number of benzene rings is 1. The number of hydrogen-bond acceptors (Lipinski definition) is 1. The molecule has 0 unspecified atom stereocenters. The predicted octanol–water partition coefficient (Wildman–Crippen LogP) is 5.25. The molecular weight excluding hydrogens is 242 g/mol. The van der Waals surface area contributed by atoms with E-state index in [-0.39, 0.29) is 0 Å². The molecule has 0 saturated heterocycles. The van der Waals surface area contributed by atoms with Crippen LogP contribution in [0.2, 0.25) is 0 Å². The first-order chi connectivity index (χ1) is 9.36. The van der Waals surface area contributed by atoms with Gasteiger partial charge in [0.25, 0.3) is 0 Å². The van der Waals surface area contributed by atoms with Gasteiger partial charge in [0, 0.05) is 12.1 Å². The largest absolute Gasteiger partial charge is 0.307 e. The Bertz CT molecular complexity index is 422. The molecule has 1 fully saturated rings. The topological polar surface area (TPSA) is 12.0 Å². The molecule has 0 amide bonds. The highest BCUT2D eigenvalue weighted by molar-refractivity contribution is 5.24. The van der Waals surface area contributed by atoms with Gasteiger partial charge in [-0.3, -0.25) is 0 Å². The summed E-state index contributed by atoms with van der Waals surface area (Å²) in [4.78, 5) is 0. The minimum absolute atomic E-state index is 0.464. The van der Waals surface area contributed by atoms with Crippen LogP contribution in [0.4, 0.5) is 0 Å². The van der Waals surface area contributed by atoms with E-state index in [9.17, 15) is 0 Å². The van der Waals surface area contributed by atoms with Crippen LogP contribution in [0.25, 0.3) is 0 Å². The summed E-state index contributed by atoms with van der Waals surface area (Å²) in [7, 11) is 0. The van der Waals surface area contributed by atoms with E-state index in [4.69, 9.17) is 0 Å². The first-order valence-corrected chi connectivity index (χ1v) is 8.19. The molecule has 1 aliphatic carbocycles. The van der Waals surface area contributed by atoms with Gasteiger partial charge in [-0.05, 0) is 56.4 Å². The number of hydrogen-bond donors (Lipinski definition) is 1. The number of nitrogens with one attached hydrogen (secondary N) is 1. The first-order valence-electron chi connectivity index (χ1n) is 8.19. The van der Waals surface area contributed by atoms with Gasteiger partial charge < -0.3 is 5.32 Å². The lowest BCUT2D eigenvalue weighted by Crippen LogP contribution is -2.37. The van der Waals surface area contributed by atoms with Gasteiger partial charge in [0.05, 0.1) is 0 Å². The summed E-state index contributed by atoms with van der Waals surface area (Å²) in [6.45, 7) is 11.6. The SMILES string of the molecule is Cc1cccc([C@H](C)NC2CCC(C(C)(C)C)CC2)c1. The summed E-state index contributed by atoms with van der Waals surface area (Å²) >= 11 is 0. The van der Waals surface area contributed by atoms with Crippen molar-refractivity contribution in [3.05, 3.63) is 35.4 Å². The standard InChI is InChI=1S/C19H31N/c1-14-7-6-8-16(13-14)15(2)20-18-11-9-17(10-12-18)19(3,4)5/h6-8,13,15,17-18,20H,9-12H2,1-5H3/t15-,17?,18?/m0/s1. The van der Waals surface area contributed by atoms with Crippen molar-refractivity contribution in [1.29, 1.82) is 0 Å². The summed E-state index contributed by atoms with van der Waals surface area (Å²) in [6, 6.07) is 10.0. The minimum atomic E-state index is 0.464. The van der Waals surface area contributed by atoms with E-state index in [0.29, 0.717) is 17.5 Å². The van der Waals surface area contributed by atoms with Crippen molar-refractivity contribution in [2.45, 2.75) is 72.4 Å². The number of aryl methyl sites for hydroxylation is 1. The minimum Gasteiger partial charge on any atom is -0.307 e. The maximum absolute atomic E-state index is 3.83. The van der Waals surface area contributed by atoms with E-state index in [2.05, 4.69) is 64.2 Å². The molecule has 2 rings (SSSR count). The van der Waals surface area contributed by atoms with Crippen molar-refractivity contribution in [3.8, 4) is 0 Å². The van der Waals surface area contributed by atoms with Gasteiger partial charge in [-0.2, -0.15) is 0 Å². The molecule has 0 aliphatic heterocycles. The second-order valence-corrected chi connectivity index (χ2v) is 7.72. The molecule has 20 heavy (non-hydrogen) atoms. The zero-order chi connectivity index (χ0) is 14.8. The average molecular weight is 273 g/mol. The quantitative estimate of drug-likeness (QED) is 0.793. The lowest BCUT2D eigenvalue weighted by Gasteiger charge is -2.38. The molecule has 0 aromatic heterocycles. The monoisotopic (exact) mass is 273 g/mol. The van der Waals surface area contributed by atoms with Crippen LogP contribution in [0.1, 0.15) is 70.5 Å². The highest BCUT2D eigenvalue weighted by Crippen LogP contribution is 2.38. The highest BCUT2D eigenvalue weighted by atomic mass is 14.9. The molecule has 112 valence electrons. The predicted molar refractivity (Wildman–Crippen MR) is 87.9 cm³/mol. The molecule has 0 heterocycles. The summed E-state index contributed by atoms with van der Waals surface area (Å²) in [5, 5.41) is 3.83. The summed E-state index contributed by atoms with van der Waals surface area (Å²) < 4.78 is 0. The Morgan fingerprint density at radius 3 is 2.30 bits per heavy atom. The molecule has 1 nitrogen and oxygen atoms in total. The van der Waals surface area contributed by atoms with Crippen LogP contribution in [0, 0.1) is 18.3 Å². The van der Waals surface area contributed by atoms with Crippen molar-refractivity contribution in [1.82, 2.24) is 5.32 Å². The van der Waals surface area contributed by atoms with E-state index < -0.39 is 0 Å². The first kappa shape index (κ1) is 15.6. The molecule has 0 radical (unpaired) electrons. The zero-order valence-electron chi connectivity index (χ0n) is 13.9. The fourth-order valence-corrected chi connectivity index (χ4v) is 3.52. The van der Waals surface area contributed by atoms with Crippen LogP contribution in [-0.2, 0) is 0 Å². The summed E-state index contributed by atoms with van der Waals surface area (Å²) in [5.74, 6) is 0.898. The molecule has 0 spiro atoms. The van der Waals surface area contributed by atoms with E-state index in [1.807, 2.05) is 0 Å². The molecule has 0 bridgehead atoms. The van der Waals surface area contributed by atoms with E-state index in [1.165, 1.54) is 36.8 Å². The van der Waals surface area contributed by atoms with Crippen LogP contribution in [0.5, 0.6) is 0 Å². The van der Waals surface area contributed by atoms with E-state index >= 15 is 0 Å². The van der Waals surface area contributed by atoms with Crippen molar-refractivity contribution in [3.63, 3.8) is 0 Å². The maximum atomic E-state index is 3.83. The van der Waals surface area contributed by atoms with Gasteiger partial charge in [0.1, 0.15) is 0 Å². The van der Waals surface area contributed by atoms with Gasteiger partial charge >= 0.3 is 0 Å². The van der Waals surface area contributed by atoms with Crippen molar-refractivity contribution in [2.24, 2.45) is 11.3 Å². The zero-order valence-corrected chi connectivity index (χ0v) is 13.9. The molecular formula is C19H31N. The Morgan fingerprint density at radius 2 is 1.75 bits per heavy atom. The third-order valence-corrected chi connectivity index (χ3v) is 4.98. The van der Waals surface area contributed by atoms with Crippen LogP contribution < -0.4 is 5.32 Å². The normalized spacial score (nSPS) is 25.4. The Kier molecular flexibility index (Phi) is 4.90. The third kappa shape index (κ3) is 4.09.